The first-order valence-electron chi connectivity index (χ1n) is 7.94. The molecule has 1 saturated heterocycles. The predicted molar refractivity (Wildman–Crippen MR) is 82.8 cm³/mol. The molecule has 130 valence electrons. The average molecular weight is 327 g/mol. The minimum Gasteiger partial charge on any atom is -0.465 e. The van der Waals surface area contributed by atoms with Crippen molar-refractivity contribution < 1.29 is 24.3 Å². The van der Waals surface area contributed by atoms with E-state index in [-0.39, 0.29) is 5.92 Å². The quantitative estimate of drug-likeness (QED) is 0.557. The summed E-state index contributed by atoms with van der Waals surface area (Å²) in [5.41, 5.74) is 0. The molecule has 1 aliphatic heterocycles. The molecule has 0 spiro atoms. The van der Waals surface area contributed by atoms with Gasteiger partial charge in [0, 0.05) is 6.54 Å². The standard InChI is InChI=1S/C15H25N3O5/c1-9(2)11(18-15(22)23)13(20)17-10-7-5-3-4-6-8-16-14(21)12(10)19/h9-11,18H,3-8H2,1-2H3,(H,16,21)(H,17,20)(H,22,23)/t10-,11-/m0/s1. The molecular formula is C15H25N3O5. The largest absolute Gasteiger partial charge is 0.465 e. The van der Waals surface area contributed by atoms with Crippen LogP contribution in [0, 0.1) is 5.92 Å². The number of carbonyl (C=O) groups is 4. The number of ketones is 1. The number of hydrogen-bond acceptors (Lipinski definition) is 4. The molecule has 0 saturated carbocycles. The highest BCUT2D eigenvalue weighted by Gasteiger charge is 2.31. The van der Waals surface area contributed by atoms with E-state index in [0.717, 1.165) is 25.7 Å². The molecule has 1 fully saturated rings. The Morgan fingerprint density at radius 3 is 2.43 bits per heavy atom. The topological polar surface area (TPSA) is 125 Å². The number of rotatable bonds is 4. The van der Waals surface area contributed by atoms with Gasteiger partial charge in [-0.3, -0.25) is 14.4 Å². The van der Waals surface area contributed by atoms with Gasteiger partial charge in [0.05, 0.1) is 6.04 Å². The van der Waals surface area contributed by atoms with Gasteiger partial charge in [-0.2, -0.15) is 0 Å². The van der Waals surface area contributed by atoms with Crippen LogP contribution in [0.2, 0.25) is 0 Å². The van der Waals surface area contributed by atoms with Crippen molar-refractivity contribution in [2.75, 3.05) is 6.54 Å². The Morgan fingerprint density at radius 1 is 1.17 bits per heavy atom. The fraction of sp³-hybridized carbons (Fsp3) is 0.733. The molecule has 1 aliphatic rings. The van der Waals surface area contributed by atoms with Gasteiger partial charge in [-0.05, 0) is 18.8 Å². The maximum atomic E-state index is 12.3. The van der Waals surface area contributed by atoms with Crippen LogP contribution in [0.5, 0.6) is 0 Å². The smallest absolute Gasteiger partial charge is 0.405 e. The molecule has 0 radical (unpaired) electrons. The predicted octanol–water partition coefficient (Wildman–Crippen LogP) is 0.413. The number of nitrogens with one attached hydrogen (secondary N) is 3. The zero-order valence-electron chi connectivity index (χ0n) is 13.6. The van der Waals surface area contributed by atoms with Gasteiger partial charge in [-0.15, -0.1) is 0 Å². The molecule has 4 N–H and O–H groups in total. The molecule has 0 aromatic carbocycles. The molecule has 8 nitrogen and oxygen atoms in total. The van der Waals surface area contributed by atoms with Crippen LogP contribution >= 0.6 is 0 Å². The van der Waals surface area contributed by atoms with Crippen molar-refractivity contribution >= 4 is 23.7 Å². The van der Waals surface area contributed by atoms with Gasteiger partial charge in [0.2, 0.25) is 11.7 Å². The molecular weight excluding hydrogens is 302 g/mol. The van der Waals surface area contributed by atoms with Crippen molar-refractivity contribution in [3.8, 4) is 0 Å². The summed E-state index contributed by atoms with van der Waals surface area (Å²) in [6.45, 7) is 3.84. The molecule has 1 heterocycles. The van der Waals surface area contributed by atoms with Gasteiger partial charge < -0.3 is 21.1 Å². The van der Waals surface area contributed by atoms with E-state index in [1.54, 1.807) is 13.8 Å². The molecule has 23 heavy (non-hydrogen) atoms. The van der Waals surface area contributed by atoms with E-state index in [0.29, 0.717) is 13.0 Å². The number of hydrogen-bond donors (Lipinski definition) is 4. The van der Waals surface area contributed by atoms with Crippen LogP contribution < -0.4 is 16.0 Å². The maximum absolute atomic E-state index is 12.3. The molecule has 0 bridgehead atoms. The lowest BCUT2D eigenvalue weighted by molar-refractivity contribution is -0.140. The molecule has 0 aromatic heterocycles. The van der Waals surface area contributed by atoms with Gasteiger partial charge in [0.1, 0.15) is 6.04 Å². The number of amides is 3. The molecule has 2 atom stereocenters. The van der Waals surface area contributed by atoms with Gasteiger partial charge in [0.15, 0.2) is 0 Å². The average Bonchev–Trinajstić information content (AvgIpc) is 2.48. The van der Waals surface area contributed by atoms with Crippen molar-refractivity contribution in [2.45, 2.75) is 58.0 Å². The summed E-state index contributed by atoms with van der Waals surface area (Å²) in [7, 11) is 0. The Bertz CT molecular complexity index is 464. The van der Waals surface area contributed by atoms with Gasteiger partial charge >= 0.3 is 6.09 Å². The van der Waals surface area contributed by atoms with E-state index in [4.69, 9.17) is 5.11 Å². The van der Waals surface area contributed by atoms with Crippen molar-refractivity contribution in [3.63, 3.8) is 0 Å². The molecule has 3 amide bonds. The Balaban J connectivity index is 2.78. The summed E-state index contributed by atoms with van der Waals surface area (Å²) < 4.78 is 0. The maximum Gasteiger partial charge on any atom is 0.405 e. The normalized spacial score (nSPS) is 21.3. The third kappa shape index (κ3) is 6.25. The van der Waals surface area contributed by atoms with Crippen LogP contribution in [-0.4, -0.2) is 47.4 Å². The highest BCUT2D eigenvalue weighted by molar-refractivity contribution is 6.38. The Hall–Kier alpha value is -2.12. The molecule has 0 aromatic rings. The molecule has 8 heteroatoms. The van der Waals surface area contributed by atoms with Crippen molar-refractivity contribution in [1.29, 1.82) is 0 Å². The van der Waals surface area contributed by atoms with Gasteiger partial charge in [-0.25, -0.2) is 4.79 Å². The lowest BCUT2D eigenvalue weighted by Crippen LogP contribution is -2.55. The lowest BCUT2D eigenvalue weighted by atomic mass is 9.99. The fourth-order valence-corrected chi connectivity index (χ4v) is 2.47. The second-order valence-electron chi connectivity index (χ2n) is 6.06. The summed E-state index contributed by atoms with van der Waals surface area (Å²) in [6.07, 6.45) is 2.47. The summed E-state index contributed by atoms with van der Waals surface area (Å²) >= 11 is 0. The SMILES string of the molecule is CC(C)[C@H](NC(=O)O)C(=O)N[C@H]1CCCCCCNC(=O)C1=O. The summed E-state index contributed by atoms with van der Waals surface area (Å²) in [4.78, 5) is 47.0. The number of carbonyl (C=O) groups excluding carboxylic acids is 3. The Morgan fingerprint density at radius 2 is 1.83 bits per heavy atom. The second-order valence-corrected chi connectivity index (χ2v) is 6.06. The summed E-state index contributed by atoms with van der Waals surface area (Å²) in [5.74, 6) is -2.26. The molecule has 0 unspecified atom stereocenters. The first-order valence-corrected chi connectivity index (χ1v) is 7.94. The highest BCUT2D eigenvalue weighted by atomic mass is 16.4. The minimum atomic E-state index is -1.31. The van der Waals surface area contributed by atoms with Crippen LogP contribution in [0.1, 0.15) is 46.0 Å². The van der Waals surface area contributed by atoms with Gasteiger partial charge in [0.25, 0.3) is 5.91 Å². The zero-order chi connectivity index (χ0) is 17.4. The second kappa shape index (κ2) is 9.12. The number of Topliss-reactive ketones (excluding diaryl/α,β-unsaturated/α-hetero) is 1. The first-order chi connectivity index (χ1) is 10.8. The lowest BCUT2D eigenvalue weighted by Gasteiger charge is -2.24. The highest BCUT2D eigenvalue weighted by Crippen LogP contribution is 2.10. The molecule has 1 rings (SSSR count). The van der Waals surface area contributed by atoms with Crippen LogP contribution in [0.25, 0.3) is 0 Å². The first kappa shape index (κ1) is 18.9. The monoisotopic (exact) mass is 327 g/mol. The van der Waals surface area contributed by atoms with E-state index >= 15 is 0 Å². The van der Waals surface area contributed by atoms with E-state index < -0.39 is 35.8 Å². The zero-order valence-corrected chi connectivity index (χ0v) is 13.6. The van der Waals surface area contributed by atoms with Crippen molar-refractivity contribution in [3.05, 3.63) is 0 Å². The fourth-order valence-electron chi connectivity index (χ4n) is 2.47. The van der Waals surface area contributed by atoms with Crippen molar-refractivity contribution in [1.82, 2.24) is 16.0 Å². The van der Waals surface area contributed by atoms with Gasteiger partial charge in [-0.1, -0.05) is 33.1 Å². The van der Waals surface area contributed by atoms with Crippen LogP contribution in [0.3, 0.4) is 0 Å². The van der Waals surface area contributed by atoms with Crippen molar-refractivity contribution in [2.24, 2.45) is 5.92 Å². The van der Waals surface area contributed by atoms with Crippen LogP contribution in [0.15, 0.2) is 0 Å². The Labute approximate surface area is 135 Å². The molecule has 0 aliphatic carbocycles. The number of carboxylic acid groups (broad SMARTS) is 1. The van der Waals surface area contributed by atoms with E-state index in [1.165, 1.54) is 0 Å². The minimum absolute atomic E-state index is 0.283. The van der Waals surface area contributed by atoms with E-state index in [9.17, 15) is 19.2 Å². The third-order valence-corrected chi connectivity index (χ3v) is 3.79. The van der Waals surface area contributed by atoms with E-state index in [1.807, 2.05) is 0 Å². The summed E-state index contributed by atoms with van der Waals surface area (Å²) in [6, 6.07) is -1.89. The Kier molecular flexibility index (Phi) is 7.50. The van der Waals surface area contributed by atoms with Crippen LogP contribution in [0.4, 0.5) is 4.79 Å². The van der Waals surface area contributed by atoms with E-state index in [2.05, 4.69) is 16.0 Å². The van der Waals surface area contributed by atoms with Crippen LogP contribution in [-0.2, 0) is 14.4 Å². The third-order valence-electron chi connectivity index (χ3n) is 3.79. The summed E-state index contributed by atoms with van der Waals surface area (Å²) in [5, 5.41) is 16.0.